The lowest BCUT2D eigenvalue weighted by molar-refractivity contribution is 0.330. The molecule has 0 amide bonds. The Morgan fingerprint density at radius 3 is 0.633 bits per heavy atom. The molecule has 0 aromatic heterocycles. The second kappa shape index (κ2) is 12.4. The van der Waals surface area contributed by atoms with Crippen LogP contribution in [-0.2, 0) is 0 Å². The predicted molar refractivity (Wildman–Crippen MR) is 206 cm³/mol. The number of hydrogen-bond acceptors (Lipinski definition) is 21. The molecule has 0 heterocycles. The van der Waals surface area contributed by atoms with Gasteiger partial charge in [-0.05, 0) is 16.6 Å². The minimum atomic E-state index is -1.66. The molecule has 0 aliphatic heterocycles. The van der Waals surface area contributed by atoms with E-state index in [0.29, 0.717) is 0 Å². The standard InChI is InChI=1S/C36H21B3O21/c37-13-3(9-10(22(46)33(57)32(56)21(9)45)4(14(13)38)12-16(40)15(39)26(50)27(51)25(12)49)1-5-7(19(43)30(54)28(52)17(5)41)2(8-6(1)18(42)29(53)31(55)20(8)44)11-23(47)34(58)36(60)35(59)24(11)48/h40-60H. The molecule has 0 bridgehead atoms. The molecule has 0 aliphatic rings. The summed E-state index contributed by atoms with van der Waals surface area (Å²) in [6, 6.07) is 0. The molecule has 300 valence electrons. The third kappa shape index (κ3) is 4.54. The molecule has 0 spiro atoms. The number of benzene rings is 7. The molecule has 0 unspecified atom stereocenters. The smallest absolute Gasteiger partial charge is 0.208 e. The molecule has 0 atom stereocenters. The topological polar surface area (TPSA) is 425 Å². The van der Waals surface area contributed by atoms with Crippen molar-refractivity contribution in [3.63, 3.8) is 0 Å². The molecular weight excluding hydrogens is 801 g/mol. The highest BCUT2D eigenvalue weighted by atomic mass is 16.4. The van der Waals surface area contributed by atoms with Gasteiger partial charge in [-0.1, -0.05) is 10.9 Å². The maximum absolute atomic E-state index is 11.6. The van der Waals surface area contributed by atoms with Crippen molar-refractivity contribution in [2.45, 2.75) is 0 Å². The molecular formula is C36H21B3O21. The van der Waals surface area contributed by atoms with Crippen LogP contribution in [0, 0.1) is 0 Å². The molecule has 7 rings (SSSR count). The van der Waals surface area contributed by atoms with Crippen LogP contribution in [0.3, 0.4) is 0 Å². The molecule has 7 aromatic carbocycles. The van der Waals surface area contributed by atoms with Gasteiger partial charge in [-0.25, -0.2) is 0 Å². The molecule has 0 saturated heterocycles. The van der Waals surface area contributed by atoms with Crippen molar-refractivity contribution in [3.8, 4) is 154 Å². The van der Waals surface area contributed by atoms with E-state index in [1.165, 1.54) is 0 Å². The van der Waals surface area contributed by atoms with Gasteiger partial charge in [-0.15, -0.1) is 0 Å². The predicted octanol–water partition coefficient (Wildman–Crippen LogP) is 0.346. The highest BCUT2D eigenvalue weighted by Gasteiger charge is 2.39. The summed E-state index contributed by atoms with van der Waals surface area (Å²) >= 11 is 0. The lowest BCUT2D eigenvalue weighted by atomic mass is 9.68. The summed E-state index contributed by atoms with van der Waals surface area (Å²) in [5.41, 5.74) is -10.2. The fraction of sp³-hybridized carbons (Fsp3) is 0. The quantitative estimate of drug-likeness (QED) is 0.0494. The second-order valence-electron chi connectivity index (χ2n) is 13.1. The van der Waals surface area contributed by atoms with E-state index in [-0.39, 0.29) is 0 Å². The lowest BCUT2D eigenvalue weighted by Crippen LogP contribution is -2.30. The Hall–Kier alpha value is -8.69. The minimum Gasteiger partial charge on any atom is -0.508 e. The Balaban J connectivity index is 1.95. The number of phenols is 21. The van der Waals surface area contributed by atoms with Crippen molar-refractivity contribution < 1.29 is 107 Å². The second-order valence-corrected chi connectivity index (χ2v) is 13.1. The fourth-order valence-electron chi connectivity index (χ4n) is 7.24. The molecule has 21 N–H and O–H groups in total. The zero-order chi connectivity index (χ0) is 44.8. The zero-order valence-electron chi connectivity index (χ0n) is 29.1. The Bertz CT molecular complexity index is 3060. The van der Waals surface area contributed by atoms with E-state index < -0.39 is 203 Å². The number of aromatic hydroxyl groups is 21. The van der Waals surface area contributed by atoms with Gasteiger partial charge in [0.15, 0.2) is 57.5 Å². The maximum Gasteiger partial charge on any atom is 0.208 e. The largest absolute Gasteiger partial charge is 0.508 e. The summed E-state index contributed by atoms with van der Waals surface area (Å²) in [6.45, 7) is 0. The number of rotatable bonds is 3. The fourth-order valence-corrected chi connectivity index (χ4v) is 7.24. The Morgan fingerprint density at radius 1 is 0.150 bits per heavy atom. The molecule has 60 heavy (non-hydrogen) atoms. The minimum absolute atomic E-state index is 0.999. The van der Waals surface area contributed by atoms with Gasteiger partial charge in [0.05, 0.1) is 11.1 Å². The SMILES string of the molecule is [B]c1c(O)c(O)c(O)c(-c2c([B])c([B])c(-c3c4c(O)c(O)c(O)c(O)c4c(-c4c(O)c(O)c(O)c(O)c4O)c4c(O)c(O)c(O)c(O)c34)c3c(O)c(O)c(O)c(O)c23)c1O. The summed E-state index contributed by atoms with van der Waals surface area (Å²) < 4.78 is 0. The van der Waals surface area contributed by atoms with Gasteiger partial charge in [0, 0.05) is 43.4 Å². The van der Waals surface area contributed by atoms with Crippen LogP contribution in [0.25, 0.3) is 65.7 Å². The number of hydrogen-bond donors (Lipinski definition) is 21. The summed E-state index contributed by atoms with van der Waals surface area (Å²) in [5.74, 6) is -33.1. The highest BCUT2D eigenvalue weighted by Crippen LogP contribution is 2.66. The van der Waals surface area contributed by atoms with Gasteiger partial charge in [-0.3, -0.25) is 0 Å². The van der Waals surface area contributed by atoms with Crippen LogP contribution < -0.4 is 16.4 Å². The van der Waals surface area contributed by atoms with Crippen molar-refractivity contribution >= 4 is 72.2 Å². The van der Waals surface area contributed by atoms with E-state index in [4.69, 9.17) is 23.5 Å². The summed E-state index contributed by atoms with van der Waals surface area (Å²) in [7, 11) is 18.6. The van der Waals surface area contributed by atoms with Gasteiger partial charge in [0.25, 0.3) is 0 Å². The Morgan fingerprint density at radius 2 is 0.333 bits per heavy atom. The van der Waals surface area contributed by atoms with Crippen LogP contribution in [0.15, 0.2) is 0 Å². The van der Waals surface area contributed by atoms with Gasteiger partial charge >= 0.3 is 0 Å². The molecule has 0 aliphatic carbocycles. The van der Waals surface area contributed by atoms with Gasteiger partial charge in [-0.2, -0.15) is 0 Å². The molecule has 6 radical (unpaired) electrons. The van der Waals surface area contributed by atoms with E-state index in [9.17, 15) is 107 Å². The highest BCUT2D eigenvalue weighted by molar-refractivity contribution is 6.57. The first kappa shape index (κ1) is 39.5. The number of phenolic OH excluding ortho intramolecular Hbond substituents is 21. The van der Waals surface area contributed by atoms with E-state index in [2.05, 4.69) is 0 Å². The maximum atomic E-state index is 11.6. The van der Waals surface area contributed by atoms with E-state index in [0.717, 1.165) is 0 Å². The lowest BCUT2D eigenvalue weighted by Gasteiger charge is -2.27. The summed E-state index contributed by atoms with van der Waals surface area (Å²) in [6.07, 6.45) is 0. The van der Waals surface area contributed by atoms with Crippen LogP contribution >= 0.6 is 0 Å². The van der Waals surface area contributed by atoms with Crippen LogP contribution in [0.5, 0.6) is 121 Å². The summed E-state index contributed by atoms with van der Waals surface area (Å²) in [4.78, 5) is 0. The average Bonchev–Trinajstić information content (AvgIpc) is 3.22. The van der Waals surface area contributed by atoms with Crippen LogP contribution in [0.2, 0.25) is 0 Å². The first-order chi connectivity index (χ1) is 27.9. The van der Waals surface area contributed by atoms with E-state index in [1.807, 2.05) is 0 Å². The average molecular weight is 822 g/mol. The monoisotopic (exact) mass is 822 g/mol. The third-order valence-electron chi connectivity index (χ3n) is 10.1. The first-order valence-electron chi connectivity index (χ1n) is 16.1. The third-order valence-corrected chi connectivity index (χ3v) is 10.1. The van der Waals surface area contributed by atoms with E-state index >= 15 is 0 Å². The summed E-state index contributed by atoms with van der Waals surface area (Å²) in [5, 5.41) is 223. The molecule has 21 nitrogen and oxygen atoms in total. The van der Waals surface area contributed by atoms with Crippen LogP contribution in [-0.4, -0.2) is 131 Å². The van der Waals surface area contributed by atoms with Crippen molar-refractivity contribution in [1.82, 2.24) is 0 Å². The van der Waals surface area contributed by atoms with Crippen molar-refractivity contribution in [2.75, 3.05) is 0 Å². The first-order valence-corrected chi connectivity index (χ1v) is 16.1. The molecule has 0 fully saturated rings. The Labute approximate surface area is 333 Å². The van der Waals surface area contributed by atoms with Crippen molar-refractivity contribution in [1.29, 1.82) is 0 Å². The van der Waals surface area contributed by atoms with Crippen molar-refractivity contribution in [3.05, 3.63) is 0 Å². The van der Waals surface area contributed by atoms with Gasteiger partial charge in [0.1, 0.15) is 29.3 Å². The normalized spacial score (nSPS) is 11.6. The van der Waals surface area contributed by atoms with Crippen molar-refractivity contribution in [2.24, 2.45) is 0 Å². The Kier molecular flexibility index (Phi) is 8.18. The molecule has 7 aromatic rings. The van der Waals surface area contributed by atoms with Crippen LogP contribution in [0.4, 0.5) is 0 Å². The van der Waals surface area contributed by atoms with E-state index in [1.54, 1.807) is 0 Å². The van der Waals surface area contributed by atoms with Gasteiger partial charge < -0.3 is 107 Å². The van der Waals surface area contributed by atoms with Crippen LogP contribution in [0.1, 0.15) is 0 Å². The zero-order valence-corrected chi connectivity index (χ0v) is 29.1. The number of fused-ring (bicyclic) bond motifs is 3. The molecule has 24 heteroatoms. The van der Waals surface area contributed by atoms with Gasteiger partial charge in [0.2, 0.25) is 57.5 Å². The molecule has 0 saturated carbocycles.